The number of benzene rings is 2. The van der Waals surface area contributed by atoms with Crippen LogP contribution < -0.4 is 15.0 Å². The van der Waals surface area contributed by atoms with Gasteiger partial charge in [0.25, 0.3) is 5.56 Å². The fraction of sp³-hybridized carbons (Fsp3) is 0.158. The molecule has 0 fully saturated rings. The molecular weight excluding hydrogens is 336 g/mol. The van der Waals surface area contributed by atoms with Crippen molar-refractivity contribution in [3.63, 3.8) is 0 Å². The molecule has 0 atom stereocenters. The Balaban J connectivity index is 1.68. The lowest BCUT2D eigenvalue weighted by Gasteiger charge is -2.08. The predicted octanol–water partition coefficient (Wildman–Crippen LogP) is 3.88. The molecule has 0 saturated carbocycles. The first-order chi connectivity index (χ1) is 12.2. The highest BCUT2D eigenvalue weighted by molar-refractivity contribution is 7.98. The molecule has 6 heteroatoms. The van der Waals surface area contributed by atoms with Gasteiger partial charge >= 0.3 is 0 Å². The maximum Gasteiger partial charge on any atom is 0.255 e. The van der Waals surface area contributed by atoms with Crippen LogP contribution in [0.3, 0.4) is 0 Å². The van der Waals surface area contributed by atoms with E-state index in [1.807, 2.05) is 54.8 Å². The van der Waals surface area contributed by atoms with Crippen LogP contribution in [-0.4, -0.2) is 23.3 Å². The molecule has 3 aromatic rings. The second-order valence-electron chi connectivity index (χ2n) is 5.35. The monoisotopic (exact) mass is 354 g/mol. The molecule has 0 saturated heterocycles. The van der Waals surface area contributed by atoms with E-state index in [4.69, 9.17) is 9.47 Å². The van der Waals surface area contributed by atoms with Crippen LogP contribution in [0.4, 0.5) is 0 Å². The third kappa shape index (κ3) is 4.42. The van der Waals surface area contributed by atoms with Gasteiger partial charge in [-0.25, -0.2) is 4.98 Å². The van der Waals surface area contributed by atoms with Crippen molar-refractivity contribution in [2.45, 2.75) is 11.6 Å². The third-order valence-electron chi connectivity index (χ3n) is 3.66. The van der Waals surface area contributed by atoms with Crippen LogP contribution in [0.25, 0.3) is 0 Å². The number of H-pyrrole nitrogens is 1. The number of methoxy groups -OCH3 is 1. The molecule has 0 unspecified atom stereocenters. The van der Waals surface area contributed by atoms with Gasteiger partial charge in [0.2, 0.25) is 0 Å². The van der Waals surface area contributed by atoms with Crippen LogP contribution in [0.2, 0.25) is 0 Å². The Morgan fingerprint density at radius 3 is 2.16 bits per heavy atom. The molecule has 5 nitrogen and oxygen atoms in total. The van der Waals surface area contributed by atoms with Crippen LogP contribution in [0.1, 0.15) is 11.1 Å². The quantitative estimate of drug-likeness (QED) is 0.537. The van der Waals surface area contributed by atoms with E-state index in [1.54, 1.807) is 13.3 Å². The summed E-state index contributed by atoms with van der Waals surface area (Å²) in [5.41, 5.74) is 1.56. The Morgan fingerprint density at radius 1 is 1.00 bits per heavy atom. The summed E-state index contributed by atoms with van der Waals surface area (Å²) >= 11 is 1.41. The van der Waals surface area contributed by atoms with Gasteiger partial charge in [-0.3, -0.25) is 4.79 Å². The number of ether oxygens (including phenoxy) is 2. The van der Waals surface area contributed by atoms with Gasteiger partial charge in [0.05, 0.1) is 7.11 Å². The number of rotatable bonds is 6. The van der Waals surface area contributed by atoms with Crippen LogP contribution >= 0.6 is 11.8 Å². The molecule has 2 aromatic carbocycles. The summed E-state index contributed by atoms with van der Waals surface area (Å²) in [5, 5.41) is 0.622. The lowest BCUT2D eigenvalue weighted by atomic mass is 10.1. The first-order valence-corrected chi connectivity index (χ1v) is 8.93. The number of nitrogens with one attached hydrogen (secondary N) is 1. The van der Waals surface area contributed by atoms with E-state index in [-0.39, 0.29) is 5.56 Å². The highest BCUT2D eigenvalue weighted by atomic mass is 32.2. The highest BCUT2D eigenvalue weighted by Gasteiger charge is 2.05. The molecule has 1 heterocycles. The number of nitrogens with zero attached hydrogens (tertiary/aromatic N) is 1. The first-order valence-electron chi connectivity index (χ1n) is 7.71. The summed E-state index contributed by atoms with van der Waals surface area (Å²) in [4.78, 5) is 19.0. The lowest BCUT2D eigenvalue weighted by Crippen LogP contribution is -2.14. The summed E-state index contributed by atoms with van der Waals surface area (Å²) in [6, 6.07) is 15.1. The standard InChI is InChI=1S/C19H18N2O3S/c1-23-15-7-9-17(10-8-15)24-16-5-3-13(4-6-16)11-14-12-20-19(25-2)21-18(14)22/h3-10,12H,11H2,1-2H3,(H,20,21,22). The molecule has 128 valence electrons. The summed E-state index contributed by atoms with van der Waals surface area (Å²) < 4.78 is 10.9. The number of hydrogen-bond donors (Lipinski definition) is 1. The summed E-state index contributed by atoms with van der Waals surface area (Å²) in [5.74, 6) is 2.26. The Morgan fingerprint density at radius 2 is 1.60 bits per heavy atom. The van der Waals surface area contributed by atoms with Crippen molar-refractivity contribution < 1.29 is 9.47 Å². The van der Waals surface area contributed by atoms with Crippen molar-refractivity contribution in [2.24, 2.45) is 0 Å². The van der Waals surface area contributed by atoms with Crippen molar-refractivity contribution >= 4 is 11.8 Å². The summed E-state index contributed by atoms with van der Waals surface area (Å²) in [6.45, 7) is 0. The average molecular weight is 354 g/mol. The molecule has 0 spiro atoms. The van der Waals surface area contributed by atoms with Gasteiger partial charge < -0.3 is 14.5 Å². The van der Waals surface area contributed by atoms with Gasteiger partial charge in [-0.1, -0.05) is 23.9 Å². The van der Waals surface area contributed by atoms with E-state index in [0.29, 0.717) is 17.1 Å². The molecule has 1 aromatic heterocycles. The Hall–Kier alpha value is -2.73. The van der Waals surface area contributed by atoms with Crippen LogP contribution in [0.15, 0.2) is 64.7 Å². The zero-order valence-electron chi connectivity index (χ0n) is 14.0. The minimum atomic E-state index is -0.0992. The SMILES string of the molecule is COc1ccc(Oc2ccc(Cc3cnc(SC)[nH]c3=O)cc2)cc1. The predicted molar refractivity (Wildman–Crippen MR) is 99.0 cm³/mol. The highest BCUT2D eigenvalue weighted by Crippen LogP contribution is 2.24. The Bertz CT molecular complexity index is 890. The average Bonchev–Trinajstić information content (AvgIpc) is 2.65. The van der Waals surface area contributed by atoms with Crippen molar-refractivity contribution in [1.29, 1.82) is 0 Å². The molecule has 0 aliphatic rings. The lowest BCUT2D eigenvalue weighted by molar-refractivity contribution is 0.413. The van der Waals surface area contributed by atoms with E-state index in [2.05, 4.69) is 9.97 Å². The van der Waals surface area contributed by atoms with E-state index in [0.717, 1.165) is 22.8 Å². The molecule has 0 bridgehead atoms. The maximum absolute atomic E-state index is 12.0. The largest absolute Gasteiger partial charge is 0.497 e. The van der Waals surface area contributed by atoms with Crippen molar-refractivity contribution in [1.82, 2.24) is 9.97 Å². The van der Waals surface area contributed by atoms with E-state index >= 15 is 0 Å². The van der Waals surface area contributed by atoms with Gasteiger partial charge in [-0.05, 0) is 48.2 Å². The van der Waals surface area contributed by atoms with E-state index in [9.17, 15) is 4.79 Å². The van der Waals surface area contributed by atoms with E-state index < -0.39 is 0 Å². The second-order valence-corrected chi connectivity index (χ2v) is 6.14. The van der Waals surface area contributed by atoms with Crippen molar-refractivity contribution in [3.05, 3.63) is 76.2 Å². The van der Waals surface area contributed by atoms with E-state index in [1.165, 1.54) is 11.8 Å². The summed E-state index contributed by atoms with van der Waals surface area (Å²) in [6.07, 6.45) is 4.03. The number of aromatic nitrogens is 2. The molecule has 25 heavy (non-hydrogen) atoms. The number of aromatic amines is 1. The number of hydrogen-bond acceptors (Lipinski definition) is 5. The Labute approximate surface area is 150 Å². The Kier molecular flexibility index (Phi) is 5.40. The van der Waals surface area contributed by atoms with Gasteiger partial charge in [0.15, 0.2) is 5.16 Å². The maximum atomic E-state index is 12.0. The first kappa shape index (κ1) is 17.1. The summed E-state index contributed by atoms with van der Waals surface area (Å²) in [7, 11) is 1.63. The topological polar surface area (TPSA) is 64.2 Å². The zero-order chi connectivity index (χ0) is 17.6. The molecule has 0 radical (unpaired) electrons. The molecule has 0 aliphatic carbocycles. The zero-order valence-corrected chi connectivity index (χ0v) is 14.8. The molecular formula is C19H18N2O3S. The van der Waals surface area contributed by atoms with Crippen LogP contribution in [-0.2, 0) is 6.42 Å². The normalized spacial score (nSPS) is 10.5. The van der Waals surface area contributed by atoms with Gasteiger partial charge in [-0.2, -0.15) is 0 Å². The molecule has 0 aliphatic heterocycles. The minimum Gasteiger partial charge on any atom is -0.497 e. The molecule has 1 N–H and O–H groups in total. The molecule has 0 amide bonds. The van der Waals surface area contributed by atoms with Crippen molar-refractivity contribution in [2.75, 3.05) is 13.4 Å². The second kappa shape index (κ2) is 7.90. The van der Waals surface area contributed by atoms with Gasteiger partial charge in [-0.15, -0.1) is 0 Å². The number of thioether (sulfide) groups is 1. The fourth-order valence-electron chi connectivity index (χ4n) is 2.31. The van der Waals surface area contributed by atoms with Crippen LogP contribution in [0, 0.1) is 0 Å². The van der Waals surface area contributed by atoms with Crippen molar-refractivity contribution in [3.8, 4) is 17.2 Å². The van der Waals surface area contributed by atoms with Gasteiger partial charge in [0.1, 0.15) is 17.2 Å². The third-order valence-corrected chi connectivity index (χ3v) is 4.25. The van der Waals surface area contributed by atoms with Gasteiger partial charge in [0, 0.05) is 18.2 Å². The molecule has 3 rings (SSSR count). The fourth-order valence-corrected chi connectivity index (χ4v) is 2.66. The smallest absolute Gasteiger partial charge is 0.255 e. The van der Waals surface area contributed by atoms with Crippen LogP contribution in [0.5, 0.6) is 17.2 Å². The minimum absolute atomic E-state index is 0.0992.